The van der Waals surface area contributed by atoms with Crippen molar-refractivity contribution in [3.63, 3.8) is 0 Å². The largest absolute Gasteiger partial charge is 0.376 e. The molecule has 0 bridgehead atoms. The van der Waals surface area contributed by atoms with Crippen LogP contribution < -0.4 is 21.7 Å². The van der Waals surface area contributed by atoms with Crippen molar-refractivity contribution in [1.29, 1.82) is 0 Å². The Morgan fingerprint density at radius 3 is 2.96 bits per heavy atom. The minimum absolute atomic E-state index is 0.0531. The fourth-order valence-electron chi connectivity index (χ4n) is 2.76. The first-order chi connectivity index (χ1) is 12.4. The molecule has 1 atom stereocenters. The molecule has 0 aromatic carbocycles. The zero-order valence-electron chi connectivity index (χ0n) is 14.6. The van der Waals surface area contributed by atoms with E-state index in [-0.39, 0.29) is 24.0 Å². The maximum atomic E-state index is 12.2. The van der Waals surface area contributed by atoms with E-state index in [1.54, 1.807) is 0 Å². The van der Waals surface area contributed by atoms with Crippen LogP contribution in [0.25, 0.3) is 10.2 Å². The number of hydrazine groups is 1. The number of aryl methyl sites for hydroxylation is 2. The molecule has 1 aliphatic heterocycles. The van der Waals surface area contributed by atoms with E-state index in [1.165, 1.54) is 11.3 Å². The molecule has 1 fully saturated rings. The van der Waals surface area contributed by atoms with Gasteiger partial charge in [-0.3, -0.25) is 20.4 Å². The number of aromatic nitrogens is 2. The second-order valence-corrected chi connectivity index (χ2v) is 7.78. The number of fused-ring (bicyclic) bond motifs is 1. The number of thiophene rings is 1. The second-order valence-electron chi connectivity index (χ2n) is 6.17. The summed E-state index contributed by atoms with van der Waals surface area (Å²) in [6.07, 6.45) is 2.17. The van der Waals surface area contributed by atoms with Gasteiger partial charge in [-0.2, -0.15) is 0 Å². The number of hydrogen-bond acceptors (Lipinski definition) is 6. The summed E-state index contributed by atoms with van der Waals surface area (Å²) in [7, 11) is 0. The maximum Gasteiger partial charge on any atom is 0.259 e. The summed E-state index contributed by atoms with van der Waals surface area (Å²) < 4.78 is 5.49. The monoisotopic (exact) mass is 395 g/mol. The van der Waals surface area contributed by atoms with E-state index in [0.29, 0.717) is 27.7 Å². The molecule has 2 aromatic heterocycles. The lowest BCUT2D eigenvalue weighted by Crippen LogP contribution is -2.48. The Labute approximate surface area is 159 Å². The Bertz CT molecular complexity index is 886. The zero-order chi connectivity index (χ0) is 18.7. The lowest BCUT2D eigenvalue weighted by molar-refractivity contribution is -0.121. The fourth-order valence-corrected chi connectivity index (χ4v) is 3.94. The predicted octanol–water partition coefficient (Wildman–Crippen LogP) is 0.818. The quantitative estimate of drug-likeness (QED) is 0.448. The van der Waals surface area contributed by atoms with Gasteiger partial charge in [-0.1, -0.05) is 0 Å². The Morgan fingerprint density at radius 2 is 2.23 bits per heavy atom. The van der Waals surface area contributed by atoms with Crippen molar-refractivity contribution >= 4 is 44.8 Å². The first kappa shape index (κ1) is 18.7. The van der Waals surface area contributed by atoms with Crippen molar-refractivity contribution in [3.8, 4) is 0 Å². The average Bonchev–Trinajstić information content (AvgIpc) is 3.20. The normalized spacial score (nSPS) is 16.6. The molecule has 4 N–H and O–H groups in total. The Balaban J connectivity index is 1.52. The number of aromatic amines is 1. The van der Waals surface area contributed by atoms with Gasteiger partial charge < -0.3 is 15.0 Å². The Kier molecular flexibility index (Phi) is 5.84. The van der Waals surface area contributed by atoms with E-state index < -0.39 is 0 Å². The summed E-state index contributed by atoms with van der Waals surface area (Å²) in [6.45, 7) is 5.22. The number of H-pyrrole nitrogens is 1. The first-order valence-electron chi connectivity index (χ1n) is 8.37. The topological polar surface area (TPSA) is 108 Å². The van der Waals surface area contributed by atoms with Crippen LogP contribution in [0.3, 0.4) is 0 Å². The molecule has 1 amide bonds. The van der Waals surface area contributed by atoms with E-state index in [0.717, 1.165) is 29.9 Å². The minimum atomic E-state index is -0.348. The lowest BCUT2D eigenvalue weighted by atomic mass is 10.2. The van der Waals surface area contributed by atoms with E-state index in [1.807, 2.05) is 13.8 Å². The average molecular weight is 396 g/mol. The molecule has 8 nitrogen and oxygen atoms in total. The number of nitrogens with one attached hydrogen (secondary N) is 4. The van der Waals surface area contributed by atoms with Crippen LogP contribution in [0.1, 0.15) is 29.1 Å². The summed E-state index contributed by atoms with van der Waals surface area (Å²) >= 11 is 6.56. The molecule has 10 heteroatoms. The zero-order valence-corrected chi connectivity index (χ0v) is 16.2. The Morgan fingerprint density at radius 1 is 1.42 bits per heavy atom. The number of carbonyl (C=O) groups excluding carboxylic acids is 1. The molecule has 2 aromatic rings. The van der Waals surface area contributed by atoms with Crippen LogP contribution in [-0.2, 0) is 16.0 Å². The number of thiocarbonyl (C=S) groups is 1. The third-order valence-corrected chi connectivity index (χ3v) is 5.59. The first-order valence-corrected chi connectivity index (χ1v) is 9.59. The van der Waals surface area contributed by atoms with Gasteiger partial charge in [0, 0.05) is 18.0 Å². The van der Waals surface area contributed by atoms with Crippen molar-refractivity contribution in [3.05, 3.63) is 26.6 Å². The molecule has 3 rings (SSSR count). The van der Waals surface area contributed by atoms with E-state index in [2.05, 4.69) is 26.1 Å². The molecule has 0 radical (unpaired) electrons. The molecule has 3 heterocycles. The molecule has 0 unspecified atom stereocenters. The summed E-state index contributed by atoms with van der Waals surface area (Å²) in [5.74, 6) is -0.0277. The number of amides is 1. The molecule has 26 heavy (non-hydrogen) atoms. The van der Waals surface area contributed by atoms with Gasteiger partial charge >= 0.3 is 0 Å². The maximum absolute atomic E-state index is 12.2. The molecular weight excluding hydrogens is 374 g/mol. The van der Waals surface area contributed by atoms with Crippen LogP contribution in [0.2, 0.25) is 0 Å². The molecule has 140 valence electrons. The predicted molar refractivity (Wildman–Crippen MR) is 104 cm³/mol. The van der Waals surface area contributed by atoms with Gasteiger partial charge in [0.25, 0.3) is 5.56 Å². The molecule has 0 spiro atoms. The Hall–Kier alpha value is -2.04. The third-order valence-electron chi connectivity index (χ3n) is 4.25. The van der Waals surface area contributed by atoms with Crippen LogP contribution >= 0.6 is 23.6 Å². The highest BCUT2D eigenvalue weighted by molar-refractivity contribution is 7.80. The third kappa shape index (κ3) is 4.37. The van der Waals surface area contributed by atoms with Crippen LogP contribution in [0.5, 0.6) is 0 Å². The fraction of sp³-hybridized carbons (Fsp3) is 0.500. The number of rotatable bonds is 4. The van der Waals surface area contributed by atoms with Crippen molar-refractivity contribution < 1.29 is 9.53 Å². The SMILES string of the molecule is Cc1sc2nc(CC(=O)NNC(=S)NC[C@@H]3CCCO3)[nH]c(=O)c2c1C. The van der Waals surface area contributed by atoms with E-state index in [9.17, 15) is 9.59 Å². The van der Waals surface area contributed by atoms with Crippen LogP contribution in [0, 0.1) is 13.8 Å². The van der Waals surface area contributed by atoms with Gasteiger partial charge in [-0.15, -0.1) is 11.3 Å². The van der Waals surface area contributed by atoms with Gasteiger partial charge in [0.05, 0.1) is 17.9 Å². The van der Waals surface area contributed by atoms with Crippen molar-refractivity contribution in [1.82, 2.24) is 26.1 Å². The number of nitrogens with zero attached hydrogens (tertiary/aromatic N) is 1. The minimum Gasteiger partial charge on any atom is -0.376 e. The molecule has 0 aliphatic carbocycles. The van der Waals surface area contributed by atoms with Crippen molar-refractivity contribution in [2.75, 3.05) is 13.2 Å². The van der Waals surface area contributed by atoms with Gasteiger partial charge in [0.1, 0.15) is 10.7 Å². The molecule has 0 saturated carbocycles. The van der Waals surface area contributed by atoms with Gasteiger partial charge in [-0.25, -0.2) is 4.98 Å². The van der Waals surface area contributed by atoms with Crippen molar-refractivity contribution in [2.24, 2.45) is 0 Å². The second kappa shape index (κ2) is 8.11. The standard InChI is InChI=1S/C16H21N5O3S2/c1-8-9(2)26-15-13(8)14(23)18-11(19-15)6-12(22)20-21-16(25)17-7-10-4-3-5-24-10/h10H,3-7H2,1-2H3,(H,20,22)(H2,17,21,25)(H,18,19,23)/t10-/m0/s1. The number of hydrogen-bond donors (Lipinski definition) is 4. The van der Waals surface area contributed by atoms with Gasteiger partial charge in [0.2, 0.25) is 5.91 Å². The summed E-state index contributed by atoms with van der Waals surface area (Å²) in [5.41, 5.74) is 5.85. The molecule has 1 saturated heterocycles. The highest BCUT2D eigenvalue weighted by atomic mass is 32.1. The summed E-state index contributed by atoms with van der Waals surface area (Å²) in [6, 6.07) is 0. The molecular formula is C16H21N5O3S2. The van der Waals surface area contributed by atoms with Crippen LogP contribution in [0.4, 0.5) is 0 Å². The van der Waals surface area contributed by atoms with Crippen LogP contribution in [0.15, 0.2) is 4.79 Å². The lowest BCUT2D eigenvalue weighted by Gasteiger charge is -2.14. The van der Waals surface area contributed by atoms with Crippen molar-refractivity contribution in [2.45, 2.75) is 39.2 Å². The highest BCUT2D eigenvalue weighted by Crippen LogP contribution is 2.25. The number of ether oxygens (including phenoxy) is 1. The van der Waals surface area contributed by atoms with E-state index >= 15 is 0 Å². The summed E-state index contributed by atoms with van der Waals surface area (Å²) in [4.78, 5) is 33.0. The number of carbonyl (C=O) groups is 1. The highest BCUT2D eigenvalue weighted by Gasteiger charge is 2.16. The summed E-state index contributed by atoms with van der Waals surface area (Å²) in [5, 5.41) is 3.90. The smallest absolute Gasteiger partial charge is 0.259 e. The van der Waals surface area contributed by atoms with Gasteiger partial charge in [0.15, 0.2) is 5.11 Å². The van der Waals surface area contributed by atoms with E-state index in [4.69, 9.17) is 17.0 Å². The van der Waals surface area contributed by atoms with Gasteiger partial charge in [-0.05, 0) is 44.5 Å². The van der Waals surface area contributed by atoms with Crippen LogP contribution in [-0.4, -0.2) is 40.2 Å². The molecule has 1 aliphatic rings.